The topological polar surface area (TPSA) is 74.6 Å². The van der Waals surface area contributed by atoms with E-state index >= 15 is 0 Å². The van der Waals surface area contributed by atoms with Crippen LogP contribution in [0.2, 0.25) is 0 Å². The number of aliphatic carboxylic acids is 2. The Morgan fingerprint density at radius 3 is 1.53 bits per heavy atom. The minimum absolute atomic E-state index is 0.146. The fourth-order valence-electron chi connectivity index (χ4n) is 4.49. The van der Waals surface area contributed by atoms with Crippen LogP contribution in [-0.4, -0.2) is 22.2 Å². The molecule has 3 rings (SSSR count). The van der Waals surface area contributed by atoms with Crippen molar-refractivity contribution in [1.82, 2.24) is 0 Å². The molecule has 0 radical (unpaired) electrons. The summed E-state index contributed by atoms with van der Waals surface area (Å²) in [5.74, 6) is -1.76. The second kappa shape index (κ2) is 2.74. The van der Waals surface area contributed by atoms with E-state index in [1.165, 1.54) is 0 Å². The summed E-state index contributed by atoms with van der Waals surface area (Å²) in [5.41, 5.74) is 0. The van der Waals surface area contributed by atoms with Gasteiger partial charge >= 0.3 is 11.9 Å². The molecule has 6 atom stereocenters. The van der Waals surface area contributed by atoms with E-state index in [0.717, 1.165) is 19.3 Å². The highest BCUT2D eigenvalue weighted by molar-refractivity contribution is 5.81. The molecule has 82 valence electrons. The van der Waals surface area contributed by atoms with Gasteiger partial charge in [0.2, 0.25) is 0 Å². The van der Waals surface area contributed by atoms with Crippen LogP contribution in [0.15, 0.2) is 0 Å². The highest BCUT2D eigenvalue weighted by Crippen LogP contribution is 2.64. The number of carbonyl (C=O) groups is 2. The molecule has 2 N–H and O–H groups in total. The third kappa shape index (κ3) is 1.02. The van der Waals surface area contributed by atoms with Crippen molar-refractivity contribution in [1.29, 1.82) is 0 Å². The Kier molecular flexibility index (Phi) is 1.68. The zero-order valence-electron chi connectivity index (χ0n) is 8.30. The summed E-state index contributed by atoms with van der Waals surface area (Å²) < 4.78 is 0. The first kappa shape index (κ1) is 9.19. The number of hydrogen-bond donors (Lipinski definition) is 2. The fourth-order valence-corrected chi connectivity index (χ4v) is 4.49. The van der Waals surface area contributed by atoms with Crippen molar-refractivity contribution in [3.05, 3.63) is 0 Å². The van der Waals surface area contributed by atoms with Crippen LogP contribution in [0, 0.1) is 35.5 Å². The number of fused-ring (bicyclic) bond motifs is 1. The lowest BCUT2D eigenvalue weighted by Gasteiger charge is -2.18. The minimum Gasteiger partial charge on any atom is -0.481 e. The van der Waals surface area contributed by atoms with Crippen LogP contribution < -0.4 is 0 Å². The smallest absolute Gasteiger partial charge is 0.307 e. The molecule has 3 fully saturated rings. The Morgan fingerprint density at radius 2 is 1.20 bits per heavy atom. The third-order valence-electron chi connectivity index (χ3n) is 4.80. The number of carboxylic acid groups (broad SMARTS) is 2. The maximum Gasteiger partial charge on any atom is 0.307 e. The van der Waals surface area contributed by atoms with Crippen LogP contribution in [0.1, 0.15) is 19.3 Å². The highest BCUT2D eigenvalue weighted by atomic mass is 16.4. The molecule has 3 aliphatic rings. The molecule has 4 heteroatoms. The third-order valence-corrected chi connectivity index (χ3v) is 4.80. The summed E-state index contributed by atoms with van der Waals surface area (Å²) in [7, 11) is 0. The van der Waals surface area contributed by atoms with Gasteiger partial charge in [0.15, 0.2) is 0 Å². The Labute approximate surface area is 87.3 Å². The molecule has 3 saturated carbocycles. The van der Waals surface area contributed by atoms with E-state index in [4.69, 9.17) is 10.2 Å². The molecule has 0 saturated heterocycles. The molecule has 0 spiro atoms. The summed E-state index contributed by atoms with van der Waals surface area (Å²) in [6.07, 6.45) is 2.96. The van der Waals surface area contributed by atoms with E-state index in [-0.39, 0.29) is 11.8 Å². The van der Waals surface area contributed by atoms with E-state index < -0.39 is 23.8 Å². The largest absolute Gasteiger partial charge is 0.481 e. The van der Waals surface area contributed by atoms with Crippen LogP contribution in [0.4, 0.5) is 0 Å². The average Bonchev–Trinajstić information content (AvgIpc) is 2.70. The van der Waals surface area contributed by atoms with Crippen LogP contribution in [0.25, 0.3) is 0 Å². The monoisotopic (exact) mass is 210 g/mol. The van der Waals surface area contributed by atoms with E-state index in [1.807, 2.05) is 0 Å². The summed E-state index contributed by atoms with van der Waals surface area (Å²) in [4.78, 5) is 22.3. The van der Waals surface area contributed by atoms with Crippen molar-refractivity contribution in [3.8, 4) is 0 Å². The molecule has 0 heterocycles. The molecular formula is C11H14O4. The maximum absolute atomic E-state index is 11.2. The van der Waals surface area contributed by atoms with Crippen molar-refractivity contribution < 1.29 is 19.8 Å². The zero-order chi connectivity index (χ0) is 10.7. The molecule has 4 nitrogen and oxygen atoms in total. The van der Waals surface area contributed by atoms with Crippen LogP contribution in [-0.2, 0) is 9.59 Å². The van der Waals surface area contributed by atoms with Gasteiger partial charge in [-0.3, -0.25) is 9.59 Å². The maximum atomic E-state index is 11.2. The van der Waals surface area contributed by atoms with Crippen molar-refractivity contribution in [2.75, 3.05) is 0 Å². The van der Waals surface area contributed by atoms with Gasteiger partial charge in [0.25, 0.3) is 0 Å². The number of hydrogen-bond acceptors (Lipinski definition) is 2. The van der Waals surface area contributed by atoms with Gasteiger partial charge in [-0.1, -0.05) is 0 Å². The van der Waals surface area contributed by atoms with Gasteiger partial charge < -0.3 is 10.2 Å². The van der Waals surface area contributed by atoms with E-state index in [9.17, 15) is 9.59 Å². The van der Waals surface area contributed by atoms with Crippen LogP contribution in [0.3, 0.4) is 0 Å². The van der Waals surface area contributed by atoms with Gasteiger partial charge in [0.05, 0.1) is 11.8 Å². The molecule has 3 aliphatic carbocycles. The van der Waals surface area contributed by atoms with Crippen molar-refractivity contribution >= 4 is 11.9 Å². The van der Waals surface area contributed by atoms with Crippen molar-refractivity contribution in [3.63, 3.8) is 0 Å². The molecule has 15 heavy (non-hydrogen) atoms. The molecular weight excluding hydrogens is 196 g/mol. The molecule has 0 aliphatic heterocycles. The first-order chi connectivity index (χ1) is 7.09. The van der Waals surface area contributed by atoms with Gasteiger partial charge in [0.1, 0.15) is 0 Å². The molecule has 2 unspecified atom stereocenters. The minimum atomic E-state index is -0.901. The predicted octanol–water partition coefficient (Wildman–Crippen LogP) is 1.06. The van der Waals surface area contributed by atoms with Gasteiger partial charge in [-0.05, 0) is 42.9 Å². The second-order valence-electron chi connectivity index (χ2n) is 5.29. The SMILES string of the molecule is O=C(O)[C@@H]1[C@H](C(=O)O)[C@@H]2CC3CC2[C@H]1C3. The lowest BCUT2D eigenvalue weighted by atomic mass is 9.86. The molecule has 0 aromatic rings. The summed E-state index contributed by atoms with van der Waals surface area (Å²) >= 11 is 0. The van der Waals surface area contributed by atoms with Gasteiger partial charge in [0, 0.05) is 0 Å². The summed E-state index contributed by atoms with van der Waals surface area (Å²) in [6, 6.07) is 0. The second-order valence-corrected chi connectivity index (χ2v) is 5.29. The normalized spacial score (nSPS) is 50.9. The number of rotatable bonds is 2. The van der Waals surface area contributed by atoms with Crippen molar-refractivity contribution in [2.24, 2.45) is 35.5 Å². The Bertz CT molecular complexity index is 307. The molecule has 0 amide bonds. The van der Waals surface area contributed by atoms with Crippen LogP contribution >= 0.6 is 0 Å². The quantitative estimate of drug-likeness (QED) is 0.714. The van der Waals surface area contributed by atoms with E-state index in [0.29, 0.717) is 11.8 Å². The van der Waals surface area contributed by atoms with Gasteiger partial charge in [-0.2, -0.15) is 0 Å². The summed E-state index contributed by atoms with van der Waals surface area (Å²) in [6.45, 7) is 0. The zero-order valence-corrected chi connectivity index (χ0v) is 8.30. The first-order valence-electron chi connectivity index (χ1n) is 5.55. The van der Waals surface area contributed by atoms with Crippen molar-refractivity contribution in [2.45, 2.75) is 19.3 Å². The van der Waals surface area contributed by atoms with E-state index in [1.54, 1.807) is 0 Å². The standard InChI is InChI=1S/C11H14O4/c12-10(13)8-6-2-4-1-5(6)7(3-4)9(8)11(14)15/h4-9H,1-3H2,(H,12,13)(H,14,15)/t4?,5?,6-,7-,8-,9+/m1/s1. The first-order valence-corrected chi connectivity index (χ1v) is 5.55. The highest BCUT2D eigenvalue weighted by Gasteiger charge is 2.63. The van der Waals surface area contributed by atoms with Gasteiger partial charge in [-0.15, -0.1) is 0 Å². The van der Waals surface area contributed by atoms with E-state index in [2.05, 4.69) is 0 Å². The molecule has 2 bridgehead atoms. The Morgan fingerprint density at radius 1 is 0.800 bits per heavy atom. The molecule has 0 aromatic heterocycles. The summed E-state index contributed by atoms with van der Waals surface area (Å²) in [5, 5.41) is 18.3. The average molecular weight is 210 g/mol. The lowest BCUT2D eigenvalue weighted by Crippen LogP contribution is -2.30. The Hall–Kier alpha value is -1.06. The Balaban J connectivity index is 2.00. The molecule has 0 aromatic carbocycles. The predicted molar refractivity (Wildman–Crippen MR) is 50.1 cm³/mol. The van der Waals surface area contributed by atoms with Gasteiger partial charge in [-0.25, -0.2) is 0 Å². The van der Waals surface area contributed by atoms with Crippen LogP contribution in [0.5, 0.6) is 0 Å². The fraction of sp³-hybridized carbons (Fsp3) is 0.818. The lowest BCUT2D eigenvalue weighted by molar-refractivity contribution is -0.154. The number of carboxylic acids is 2.